The molecule has 2 rings (SSSR count). The van der Waals surface area contributed by atoms with Crippen LogP contribution >= 0.6 is 0 Å². The maximum absolute atomic E-state index is 11.4. The molecule has 0 bridgehead atoms. The molecule has 1 fully saturated rings. The zero-order chi connectivity index (χ0) is 13.7. The molecule has 1 saturated heterocycles. The summed E-state index contributed by atoms with van der Waals surface area (Å²) in [5.74, 6) is 1.44. The van der Waals surface area contributed by atoms with Crippen molar-refractivity contribution in [1.82, 2.24) is 15.2 Å². The summed E-state index contributed by atoms with van der Waals surface area (Å²) in [6.07, 6.45) is 4.26. The molecule has 7 nitrogen and oxygen atoms in total. The predicted molar refractivity (Wildman–Crippen MR) is 73.9 cm³/mol. The molecule has 1 unspecified atom stereocenters. The van der Waals surface area contributed by atoms with E-state index in [9.17, 15) is 8.42 Å². The SMILES string of the molecule is CCCCNc1nncc(NC2CCS(=O)(=O)C2)n1. The lowest BCUT2D eigenvalue weighted by atomic mass is 10.3. The highest BCUT2D eigenvalue weighted by atomic mass is 32.2. The molecule has 1 aliphatic rings. The van der Waals surface area contributed by atoms with Gasteiger partial charge in [-0.1, -0.05) is 13.3 Å². The number of sulfone groups is 1. The second-order valence-electron chi connectivity index (χ2n) is 4.69. The Morgan fingerprint density at radius 2 is 2.32 bits per heavy atom. The van der Waals surface area contributed by atoms with Gasteiger partial charge in [0.25, 0.3) is 0 Å². The summed E-state index contributed by atoms with van der Waals surface area (Å²) < 4.78 is 22.7. The van der Waals surface area contributed by atoms with E-state index in [1.54, 1.807) is 0 Å². The normalized spacial score (nSPS) is 21.2. The lowest BCUT2D eigenvalue weighted by Crippen LogP contribution is -2.21. The molecule has 0 amide bonds. The molecule has 0 radical (unpaired) electrons. The molecular formula is C11H19N5O2S. The highest BCUT2D eigenvalue weighted by molar-refractivity contribution is 7.91. The molecule has 2 N–H and O–H groups in total. The third kappa shape index (κ3) is 4.30. The van der Waals surface area contributed by atoms with Gasteiger partial charge in [-0.25, -0.2) is 8.42 Å². The van der Waals surface area contributed by atoms with Gasteiger partial charge >= 0.3 is 0 Å². The molecule has 8 heteroatoms. The van der Waals surface area contributed by atoms with E-state index >= 15 is 0 Å². The van der Waals surface area contributed by atoms with Gasteiger partial charge in [0.15, 0.2) is 15.7 Å². The fourth-order valence-electron chi connectivity index (χ4n) is 1.94. The van der Waals surface area contributed by atoms with Gasteiger partial charge in [-0.3, -0.25) is 0 Å². The van der Waals surface area contributed by atoms with Crippen LogP contribution in [0.2, 0.25) is 0 Å². The topological polar surface area (TPSA) is 96.9 Å². The largest absolute Gasteiger partial charge is 0.365 e. The molecule has 0 aliphatic carbocycles. The Hall–Kier alpha value is -1.44. The molecule has 2 heterocycles. The van der Waals surface area contributed by atoms with Crippen molar-refractivity contribution in [3.63, 3.8) is 0 Å². The van der Waals surface area contributed by atoms with Crippen LogP contribution in [-0.2, 0) is 9.84 Å². The fraction of sp³-hybridized carbons (Fsp3) is 0.727. The number of hydrogen-bond acceptors (Lipinski definition) is 7. The van der Waals surface area contributed by atoms with E-state index in [1.807, 2.05) is 0 Å². The van der Waals surface area contributed by atoms with Crippen LogP contribution in [0.15, 0.2) is 6.20 Å². The number of anilines is 2. The van der Waals surface area contributed by atoms with Gasteiger partial charge in [0.1, 0.15) is 0 Å². The Bertz CT molecular complexity index is 520. The van der Waals surface area contributed by atoms with Crippen molar-refractivity contribution in [3.05, 3.63) is 6.20 Å². The quantitative estimate of drug-likeness (QED) is 0.742. The van der Waals surface area contributed by atoms with Crippen molar-refractivity contribution >= 4 is 21.6 Å². The summed E-state index contributed by atoms with van der Waals surface area (Å²) in [7, 11) is -2.89. The number of nitrogens with one attached hydrogen (secondary N) is 2. The van der Waals surface area contributed by atoms with Crippen molar-refractivity contribution in [2.24, 2.45) is 0 Å². The molecular weight excluding hydrogens is 266 g/mol. The van der Waals surface area contributed by atoms with Crippen molar-refractivity contribution in [2.45, 2.75) is 32.2 Å². The highest BCUT2D eigenvalue weighted by Crippen LogP contribution is 2.16. The maximum Gasteiger partial charge on any atom is 0.244 e. The number of aromatic nitrogens is 3. The molecule has 19 heavy (non-hydrogen) atoms. The average molecular weight is 285 g/mol. The molecule has 1 aliphatic heterocycles. The Balaban J connectivity index is 1.92. The standard InChI is InChI=1S/C11H19N5O2S/c1-2-3-5-12-11-15-10(7-13-16-11)14-9-4-6-19(17,18)8-9/h7,9H,2-6,8H2,1H3,(H2,12,14,15,16). The van der Waals surface area contributed by atoms with Crippen LogP contribution in [0.3, 0.4) is 0 Å². The van der Waals surface area contributed by atoms with E-state index < -0.39 is 9.84 Å². The van der Waals surface area contributed by atoms with Crippen molar-refractivity contribution in [1.29, 1.82) is 0 Å². The molecule has 1 atom stereocenters. The van der Waals surface area contributed by atoms with Crippen LogP contribution in [0.4, 0.5) is 11.8 Å². The second kappa shape index (κ2) is 6.14. The van der Waals surface area contributed by atoms with E-state index in [2.05, 4.69) is 32.7 Å². The zero-order valence-corrected chi connectivity index (χ0v) is 11.8. The minimum atomic E-state index is -2.89. The van der Waals surface area contributed by atoms with Gasteiger partial charge in [-0.05, 0) is 12.8 Å². The van der Waals surface area contributed by atoms with Crippen LogP contribution < -0.4 is 10.6 Å². The van der Waals surface area contributed by atoms with Crippen molar-refractivity contribution < 1.29 is 8.42 Å². The Morgan fingerprint density at radius 1 is 1.47 bits per heavy atom. The molecule has 0 aromatic carbocycles. The first-order valence-electron chi connectivity index (χ1n) is 6.49. The summed E-state index contributed by atoms with van der Waals surface area (Å²) >= 11 is 0. The van der Waals surface area contributed by atoms with E-state index in [1.165, 1.54) is 6.20 Å². The summed E-state index contributed by atoms with van der Waals surface area (Å²) in [6, 6.07) is -0.0785. The van der Waals surface area contributed by atoms with Gasteiger partial charge in [-0.2, -0.15) is 10.1 Å². The lowest BCUT2D eigenvalue weighted by Gasteiger charge is -2.11. The first kappa shape index (κ1) is 14.0. The first-order valence-corrected chi connectivity index (χ1v) is 8.32. The van der Waals surface area contributed by atoms with Crippen LogP contribution in [-0.4, -0.2) is 47.7 Å². The molecule has 0 spiro atoms. The summed E-state index contributed by atoms with van der Waals surface area (Å²) in [6.45, 7) is 2.92. The average Bonchev–Trinajstić information content (AvgIpc) is 2.69. The smallest absolute Gasteiger partial charge is 0.244 e. The summed E-state index contributed by atoms with van der Waals surface area (Å²) in [5, 5.41) is 13.9. The van der Waals surface area contributed by atoms with E-state index in [-0.39, 0.29) is 17.5 Å². The summed E-state index contributed by atoms with van der Waals surface area (Å²) in [4.78, 5) is 4.27. The Kier molecular flexibility index (Phi) is 4.52. The van der Waals surface area contributed by atoms with Gasteiger partial charge < -0.3 is 10.6 Å². The van der Waals surface area contributed by atoms with Crippen LogP contribution in [0.5, 0.6) is 0 Å². The van der Waals surface area contributed by atoms with E-state index in [0.717, 1.165) is 19.4 Å². The van der Waals surface area contributed by atoms with Crippen LogP contribution in [0, 0.1) is 0 Å². The van der Waals surface area contributed by atoms with E-state index in [0.29, 0.717) is 18.2 Å². The third-order valence-electron chi connectivity index (χ3n) is 2.96. The monoisotopic (exact) mass is 285 g/mol. The zero-order valence-electron chi connectivity index (χ0n) is 11.0. The van der Waals surface area contributed by atoms with Crippen LogP contribution in [0.25, 0.3) is 0 Å². The van der Waals surface area contributed by atoms with Crippen molar-refractivity contribution in [2.75, 3.05) is 28.7 Å². The molecule has 1 aromatic heterocycles. The van der Waals surface area contributed by atoms with Gasteiger partial charge in [-0.15, -0.1) is 5.10 Å². The lowest BCUT2D eigenvalue weighted by molar-refractivity contribution is 0.602. The van der Waals surface area contributed by atoms with Gasteiger partial charge in [0.05, 0.1) is 17.7 Å². The highest BCUT2D eigenvalue weighted by Gasteiger charge is 2.27. The van der Waals surface area contributed by atoms with Gasteiger partial charge in [0.2, 0.25) is 5.95 Å². The molecule has 106 valence electrons. The number of unbranched alkanes of at least 4 members (excludes halogenated alkanes) is 1. The predicted octanol–water partition coefficient (Wildman–Crippen LogP) is 0.683. The molecule has 1 aromatic rings. The molecule has 0 saturated carbocycles. The minimum absolute atomic E-state index is 0.0785. The van der Waals surface area contributed by atoms with Crippen molar-refractivity contribution in [3.8, 4) is 0 Å². The summed E-state index contributed by atoms with van der Waals surface area (Å²) in [5.41, 5.74) is 0. The second-order valence-corrected chi connectivity index (χ2v) is 6.92. The van der Waals surface area contributed by atoms with Gasteiger partial charge in [0, 0.05) is 12.6 Å². The minimum Gasteiger partial charge on any atom is -0.365 e. The van der Waals surface area contributed by atoms with E-state index in [4.69, 9.17) is 0 Å². The Morgan fingerprint density at radius 3 is 3.00 bits per heavy atom. The maximum atomic E-state index is 11.4. The first-order chi connectivity index (χ1) is 9.09. The third-order valence-corrected chi connectivity index (χ3v) is 4.72. The van der Waals surface area contributed by atoms with Crippen LogP contribution in [0.1, 0.15) is 26.2 Å². The number of hydrogen-bond donors (Lipinski definition) is 2. The number of nitrogens with zero attached hydrogens (tertiary/aromatic N) is 3. The number of rotatable bonds is 6. The Labute approximate surface area is 113 Å². The fourth-order valence-corrected chi connectivity index (χ4v) is 3.62.